The van der Waals surface area contributed by atoms with Gasteiger partial charge >= 0.3 is 12.1 Å². The summed E-state index contributed by atoms with van der Waals surface area (Å²) in [5, 5.41) is 20.1. The van der Waals surface area contributed by atoms with Gasteiger partial charge in [0.05, 0.1) is 16.4 Å². The van der Waals surface area contributed by atoms with Crippen molar-refractivity contribution in [2.45, 2.75) is 19.0 Å². The summed E-state index contributed by atoms with van der Waals surface area (Å²) in [6.07, 6.45) is -3.72. The zero-order chi connectivity index (χ0) is 16.5. The fourth-order valence-corrected chi connectivity index (χ4v) is 2.51. The molecule has 1 aliphatic rings. The lowest BCUT2D eigenvalue weighted by atomic mass is 9.97. The van der Waals surface area contributed by atoms with Crippen molar-refractivity contribution in [1.82, 2.24) is 0 Å². The van der Waals surface area contributed by atoms with Crippen LogP contribution < -0.4 is 4.90 Å². The number of nitro groups is 1. The summed E-state index contributed by atoms with van der Waals surface area (Å²) in [5.41, 5.74) is -1.75. The smallest absolute Gasteiger partial charge is 0.416 e. The molecule has 0 radical (unpaired) electrons. The van der Waals surface area contributed by atoms with Gasteiger partial charge < -0.3 is 10.0 Å². The number of hydrogen-bond acceptors (Lipinski definition) is 4. The van der Waals surface area contributed by atoms with Crippen LogP contribution in [0, 0.1) is 16.0 Å². The Morgan fingerprint density at radius 2 is 2.09 bits per heavy atom. The van der Waals surface area contributed by atoms with Gasteiger partial charge in [0, 0.05) is 19.2 Å². The van der Waals surface area contributed by atoms with Crippen molar-refractivity contribution in [2.75, 3.05) is 18.0 Å². The lowest BCUT2D eigenvalue weighted by Crippen LogP contribution is -2.39. The second-order valence-electron chi connectivity index (χ2n) is 5.08. The lowest BCUT2D eigenvalue weighted by molar-refractivity contribution is -0.384. The van der Waals surface area contributed by atoms with Gasteiger partial charge in [-0.2, -0.15) is 13.2 Å². The number of alkyl halides is 3. The molecule has 0 bridgehead atoms. The highest BCUT2D eigenvalue weighted by Crippen LogP contribution is 2.37. The quantitative estimate of drug-likeness (QED) is 0.684. The van der Waals surface area contributed by atoms with Crippen LogP contribution in [-0.4, -0.2) is 29.1 Å². The monoisotopic (exact) mass is 318 g/mol. The first kappa shape index (κ1) is 16.1. The van der Waals surface area contributed by atoms with Crippen molar-refractivity contribution in [1.29, 1.82) is 0 Å². The Hall–Kier alpha value is -2.32. The molecule has 0 unspecified atom stereocenters. The fraction of sp³-hybridized carbons (Fsp3) is 0.462. The molecule has 1 heterocycles. The van der Waals surface area contributed by atoms with Gasteiger partial charge in [0.1, 0.15) is 5.69 Å². The van der Waals surface area contributed by atoms with E-state index >= 15 is 0 Å². The van der Waals surface area contributed by atoms with E-state index in [9.17, 15) is 28.1 Å². The van der Waals surface area contributed by atoms with Gasteiger partial charge in [-0.05, 0) is 25.0 Å². The number of halogens is 3. The van der Waals surface area contributed by atoms with Crippen molar-refractivity contribution in [3.05, 3.63) is 33.9 Å². The van der Waals surface area contributed by atoms with Crippen LogP contribution in [0.25, 0.3) is 0 Å². The number of anilines is 1. The van der Waals surface area contributed by atoms with E-state index in [2.05, 4.69) is 0 Å². The van der Waals surface area contributed by atoms with Crippen LogP contribution in [0.3, 0.4) is 0 Å². The second-order valence-corrected chi connectivity index (χ2v) is 5.08. The van der Waals surface area contributed by atoms with Crippen molar-refractivity contribution in [3.8, 4) is 0 Å². The number of nitrogens with zero attached hydrogens (tertiary/aromatic N) is 2. The van der Waals surface area contributed by atoms with Gasteiger partial charge in [0.15, 0.2) is 0 Å². The Labute approximate surface area is 123 Å². The van der Waals surface area contributed by atoms with E-state index in [1.54, 1.807) is 0 Å². The minimum atomic E-state index is -4.67. The molecule has 1 aromatic carbocycles. The zero-order valence-corrected chi connectivity index (χ0v) is 11.3. The topological polar surface area (TPSA) is 83.7 Å². The Kier molecular flexibility index (Phi) is 4.25. The maximum absolute atomic E-state index is 12.7. The number of carboxylic acid groups (broad SMARTS) is 1. The normalized spacial score (nSPS) is 19.0. The molecule has 9 heteroatoms. The van der Waals surface area contributed by atoms with E-state index < -0.39 is 34.2 Å². The number of piperidine rings is 1. The molecule has 1 aliphatic heterocycles. The van der Waals surface area contributed by atoms with Gasteiger partial charge in [-0.3, -0.25) is 14.9 Å². The van der Waals surface area contributed by atoms with E-state index in [1.165, 1.54) is 4.90 Å². The predicted molar refractivity (Wildman–Crippen MR) is 70.7 cm³/mol. The average Bonchev–Trinajstić information content (AvgIpc) is 2.45. The van der Waals surface area contributed by atoms with Gasteiger partial charge in [-0.25, -0.2) is 0 Å². The summed E-state index contributed by atoms with van der Waals surface area (Å²) in [6.45, 7) is 0.414. The molecule has 1 fully saturated rings. The molecule has 120 valence electrons. The predicted octanol–water partition coefficient (Wildman–Crippen LogP) is 2.91. The minimum absolute atomic E-state index is 0.0175. The molecule has 1 aromatic rings. The Morgan fingerprint density at radius 3 is 2.64 bits per heavy atom. The number of rotatable bonds is 3. The summed E-state index contributed by atoms with van der Waals surface area (Å²) < 4.78 is 38.0. The number of hydrogen-bond donors (Lipinski definition) is 1. The summed E-state index contributed by atoms with van der Waals surface area (Å²) in [6, 6.07) is 2.29. The molecular weight excluding hydrogens is 305 g/mol. The second kappa shape index (κ2) is 5.82. The Bertz CT molecular complexity index is 603. The third kappa shape index (κ3) is 3.29. The Morgan fingerprint density at radius 1 is 1.41 bits per heavy atom. The van der Waals surface area contributed by atoms with Gasteiger partial charge in [0.25, 0.3) is 5.69 Å². The molecule has 22 heavy (non-hydrogen) atoms. The van der Waals surface area contributed by atoms with E-state index in [0.29, 0.717) is 25.5 Å². The molecule has 6 nitrogen and oxygen atoms in total. The lowest BCUT2D eigenvalue weighted by Gasteiger charge is -2.32. The highest BCUT2D eigenvalue weighted by molar-refractivity contribution is 5.72. The third-order valence-corrected chi connectivity index (χ3v) is 3.61. The Balaban J connectivity index is 2.38. The van der Waals surface area contributed by atoms with Crippen molar-refractivity contribution in [3.63, 3.8) is 0 Å². The van der Waals surface area contributed by atoms with Crippen molar-refractivity contribution in [2.24, 2.45) is 5.92 Å². The van der Waals surface area contributed by atoms with Crippen LogP contribution in [0.1, 0.15) is 18.4 Å². The van der Waals surface area contributed by atoms with Crippen LogP contribution in [0.5, 0.6) is 0 Å². The maximum atomic E-state index is 12.7. The van der Waals surface area contributed by atoms with E-state index in [-0.39, 0.29) is 12.2 Å². The first-order chi connectivity index (χ1) is 10.2. The molecule has 1 N–H and O–H groups in total. The summed E-state index contributed by atoms with van der Waals surface area (Å²) in [7, 11) is 0. The van der Waals surface area contributed by atoms with E-state index in [0.717, 1.165) is 12.1 Å². The fourth-order valence-electron chi connectivity index (χ4n) is 2.51. The molecule has 0 spiro atoms. The number of benzene rings is 1. The number of aliphatic carboxylic acids is 1. The van der Waals surface area contributed by atoms with Crippen LogP contribution in [0.2, 0.25) is 0 Å². The van der Waals surface area contributed by atoms with Crippen LogP contribution >= 0.6 is 0 Å². The molecule has 0 saturated carbocycles. The average molecular weight is 318 g/mol. The SMILES string of the molecule is O=C(O)[C@H]1CCCN(c2ccc(C(F)(F)F)cc2[N+](=O)[O-])C1. The third-order valence-electron chi connectivity index (χ3n) is 3.61. The number of carboxylic acids is 1. The first-order valence-electron chi connectivity index (χ1n) is 6.53. The molecule has 2 rings (SSSR count). The summed E-state index contributed by atoms with van der Waals surface area (Å²) in [4.78, 5) is 22.7. The number of nitro benzene ring substituents is 1. The van der Waals surface area contributed by atoms with Gasteiger partial charge in [-0.15, -0.1) is 0 Å². The largest absolute Gasteiger partial charge is 0.481 e. The molecule has 1 saturated heterocycles. The number of carbonyl (C=O) groups is 1. The summed E-state index contributed by atoms with van der Waals surface area (Å²) in [5.74, 6) is -1.70. The van der Waals surface area contributed by atoms with E-state index in [1.807, 2.05) is 0 Å². The molecule has 1 atom stereocenters. The first-order valence-corrected chi connectivity index (χ1v) is 6.53. The van der Waals surface area contributed by atoms with E-state index in [4.69, 9.17) is 5.11 Å². The highest BCUT2D eigenvalue weighted by Gasteiger charge is 2.35. The van der Waals surface area contributed by atoms with Crippen LogP contribution in [-0.2, 0) is 11.0 Å². The van der Waals surface area contributed by atoms with Crippen molar-refractivity contribution >= 4 is 17.3 Å². The van der Waals surface area contributed by atoms with Crippen molar-refractivity contribution < 1.29 is 28.0 Å². The summed E-state index contributed by atoms with van der Waals surface area (Å²) >= 11 is 0. The maximum Gasteiger partial charge on any atom is 0.416 e. The van der Waals surface area contributed by atoms with Gasteiger partial charge in [0.2, 0.25) is 0 Å². The standard InChI is InChI=1S/C13H13F3N2O4/c14-13(15,16)9-3-4-10(11(6-9)18(21)22)17-5-1-2-8(7-17)12(19)20/h3-4,6,8H,1-2,5,7H2,(H,19,20)/t8-/m0/s1. The molecule has 0 amide bonds. The molecule has 0 aliphatic carbocycles. The minimum Gasteiger partial charge on any atom is -0.481 e. The van der Waals surface area contributed by atoms with Crippen LogP contribution in [0.15, 0.2) is 18.2 Å². The zero-order valence-electron chi connectivity index (χ0n) is 11.3. The molecular formula is C13H13F3N2O4. The molecule has 0 aromatic heterocycles. The van der Waals surface area contributed by atoms with Gasteiger partial charge in [-0.1, -0.05) is 0 Å². The van der Waals surface area contributed by atoms with Crippen LogP contribution in [0.4, 0.5) is 24.5 Å². The highest BCUT2D eigenvalue weighted by atomic mass is 19.4.